The molecule has 180 valence electrons. The number of ether oxygens (including phenoxy) is 1. The Hall–Kier alpha value is -4.76. The molecule has 5 aromatic rings. The predicted molar refractivity (Wildman–Crippen MR) is 148 cm³/mol. The first-order valence-electron chi connectivity index (χ1n) is 12.2. The van der Waals surface area contributed by atoms with Crippen LogP contribution in [0, 0.1) is 13.8 Å². The molecule has 0 unspecified atom stereocenters. The average molecular weight is 483 g/mol. The summed E-state index contributed by atoms with van der Waals surface area (Å²) in [5, 5.41) is 0. The Bertz CT molecular complexity index is 1550. The number of hydrogen-bond donors (Lipinski definition) is 0. The molecule has 0 amide bonds. The van der Waals surface area contributed by atoms with Crippen molar-refractivity contribution in [3.05, 3.63) is 155 Å². The number of aryl methyl sites for hydroxylation is 2. The van der Waals surface area contributed by atoms with Gasteiger partial charge in [0.2, 0.25) is 0 Å². The van der Waals surface area contributed by atoms with E-state index in [-0.39, 0.29) is 11.6 Å². The molecule has 0 bridgehead atoms. The van der Waals surface area contributed by atoms with Gasteiger partial charge < -0.3 is 4.74 Å². The Morgan fingerprint density at radius 3 is 1.68 bits per heavy atom. The summed E-state index contributed by atoms with van der Waals surface area (Å²) in [7, 11) is 0. The number of rotatable bonds is 7. The third-order valence-corrected chi connectivity index (χ3v) is 6.29. The molecule has 0 aromatic heterocycles. The van der Waals surface area contributed by atoms with Crippen LogP contribution in [0.15, 0.2) is 121 Å². The molecule has 0 aliphatic carbocycles. The minimum atomic E-state index is -0.0650. The lowest BCUT2D eigenvalue weighted by Gasteiger charge is -2.12. The van der Waals surface area contributed by atoms with E-state index in [4.69, 9.17) is 4.74 Å². The molecule has 0 N–H and O–H groups in total. The Morgan fingerprint density at radius 1 is 0.514 bits per heavy atom. The lowest BCUT2D eigenvalue weighted by molar-refractivity contribution is 0.103. The number of para-hydroxylation sites is 1. The smallest absolute Gasteiger partial charge is 0.193 e. The van der Waals surface area contributed by atoms with Gasteiger partial charge in [-0.05, 0) is 67.4 Å². The van der Waals surface area contributed by atoms with Crippen molar-refractivity contribution in [3.8, 4) is 22.6 Å². The van der Waals surface area contributed by atoms with Crippen molar-refractivity contribution in [1.29, 1.82) is 0 Å². The minimum absolute atomic E-state index is 0.0235. The van der Waals surface area contributed by atoms with E-state index < -0.39 is 0 Å². The highest BCUT2D eigenvalue weighted by molar-refractivity contribution is 6.13. The molecule has 0 aliphatic heterocycles. The zero-order valence-corrected chi connectivity index (χ0v) is 20.8. The molecule has 5 aromatic carbocycles. The topological polar surface area (TPSA) is 43.4 Å². The molecule has 0 heterocycles. The summed E-state index contributed by atoms with van der Waals surface area (Å²) in [5.74, 6) is 1.32. The third-order valence-electron chi connectivity index (χ3n) is 6.29. The van der Waals surface area contributed by atoms with Crippen LogP contribution in [0.4, 0.5) is 0 Å². The van der Waals surface area contributed by atoms with E-state index in [1.807, 2.05) is 111 Å². The molecule has 0 saturated heterocycles. The molecule has 0 saturated carbocycles. The molecule has 0 radical (unpaired) electrons. The molecule has 0 atom stereocenters. The van der Waals surface area contributed by atoms with E-state index in [0.717, 1.165) is 28.0 Å². The zero-order chi connectivity index (χ0) is 25.8. The highest BCUT2D eigenvalue weighted by atomic mass is 16.5. The van der Waals surface area contributed by atoms with Gasteiger partial charge in [0.25, 0.3) is 0 Å². The predicted octanol–water partition coefficient (Wildman–Crippen LogP) is 8.22. The Balaban J connectivity index is 1.40. The van der Waals surface area contributed by atoms with Crippen LogP contribution in [0.3, 0.4) is 0 Å². The van der Waals surface area contributed by atoms with Crippen molar-refractivity contribution >= 4 is 11.6 Å². The zero-order valence-electron chi connectivity index (χ0n) is 20.8. The van der Waals surface area contributed by atoms with Gasteiger partial charge in [0.1, 0.15) is 11.5 Å². The maximum absolute atomic E-state index is 13.6. The number of benzene rings is 5. The first-order valence-corrected chi connectivity index (χ1v) is 12.2. The van der Waals surface area contributed by atoms with Crippen LogP contribution in [0.1, 0.15) is 43.0 Å². The molecule has 0 spiro atoms. The average Bonchev–Trinajstić information content (AvgIpc) is 2.94. The van der Waals surface area contributed by atoms with Crippen LogP contribution < -0.4 is 4.74 Å². The molecule has 0 fully saturated rings. The summed E-state index contributed by atoms with van der Waals surface area (Å²) in [6, 6.07) is 37.6. The monoisotopic (exact) mass is 482 g/mol. The minimum Gasteiger partial charge on any atom is -0.457 e. The summed E-state index contributed by atoms with van der Waals surface area (Å²) in [4.78, 5) is 26.4. The van der Waals surface area contributed by atoms with Crippen LogP contribution in [-0.4, -0.2) is 11.6 Å². The standard InChI is InChI=1S/C34H26O3/c1-23-8-11-26(12-9-23)33(35)27-15-13-25(14-16-27)31-21-10-24(2)22-32(31)34(36)28-17-19-30(20-18-28)37-29-6-4-3-5-7-29/h3-22H,1-2H3. The van der Waals surface area contributed by atoms with Crippen molar-refractivity contribution in [2.45, 2.75) is 13.8 Å². The molecule has 3 nitrogen and oxygen atoms in total. The summed E-state index contributed by atoms with van der Waals surface area (Å²) in [6.07, 6.45) is 0. The first kappa shape index (κ1) is 24.0. The van der Waals surface area contributed by atoms with E-state index in [2.05, 4.69) is 0 Å². The van der Waals surface area contributed by atoms with Crippen molar-refractivity contribution < 1.29 is 14.3 Å². The number of hydrogen-bond acceptors (Lipinski definition) is 3. The lowest BCUT2D eigenvalue weighted by atomic mass is 9.91. The van der Waals surface area contributed by atoms with Crippen molar-refractivity contribution in [1.82, 2.24) is 0 Å². The first-order chi connectivity index (χ1) is 18.0. The summed E-state index contributed by atoms with van der Waals surface area (Å²) >= 11 is 0. The Kier molecular flexibility index (Phi) is 6.78. The van der Waals surface area contributed by atoms with Gasteiger partial charge in [-0.2, -0.15) is 0 Å². The third kappa shape index (κ3) is 5.41. The van der Waals surface area contributed by atoms with Crippen LogP contribution in [0.5, 0.6) is 11.5 Å². The molecule has 3 heteroatoms. The van der Waals surface area contributed by atoms with Crippen LogP contribution in [-0.2, 0) is 0 Å². The van der Waals surface area contributed by atoms with Gasteiger partial charge in [0.05, 0.1) is 0 Å². The second-order valence-corrected chi connectivity index (χ2v) is 9.09. The Labute approximate surface area is 217 Å². The van der Waals surface area contributed by atoms with Crippen molar-refractivity contribution in [2.75, 3.05) is 0 Å². The molecule has 5 rings (SSSR count). The van der Waals surface area contributed by atoms with Crippen LogP contribution in [0.2, 0.25) is 0 Å². The number of ketones is 2. The van der Waals surface area contributed by atoms with Crippen molar-refractivity contribution in [3.63, 3.8) is 0 Å². The molecule has 37 heavy (non-hydrogen) atoms. The largest absolute Gasteiger partial charge is 0.457 e. The summed E-state index contributed by atoms with van der Waals surface area (Å²) < 4.78 is 5.86. The molecule has 0 aliphatic rings. The van der Waals surface area contributed by atoms with Gasteiger partial charge in [-0.3, -0.25) is 9.59 Å². The van der Waals surface area contributed by atoms with Gasteiger partial charge in [-0.25, -0.2) is 0 Å². The highest BCUT2D eigenvalue weighted by Gasteiger charge is 2.17. The van der Waals surface area contributed by atoms with Gasteiger partial charge in [0.15, 0.2) is 11.6 Å². The van der Waals surface area contributed by atoms with E-state index in [1.165, 1.54) is 0 Å². The quantitative estimate of drug-likeness (QED) is 0.219. The van der Waals surface area contributed by atoms with Gasteiger partial charge in [0, 0.05) is 22.3 Å². The Morgan fingerprint density at radius 2 is 1.03 bits per heavy atom. The normalized spacial score (nSPS) is 10.6. The van der Waals surface area contributed by atoms with Gasteiger partial charge in [-0.15, -0.1) is 0 Å². The molecular weight excluding hydrogens is 456 g/mol. The van der Waals surface area contributed by atoms with Gasteiger partial charge in [-0.1, -0.05) is 90.0 Å². The fourth-order valence-electron chi connectivity index (χ4n) is 4.22. The van der Waals surface area contributed by atoms with E-state index in [1.54, 1.807) is 24.3 Å². The van der Waals surface area contributed by atoms with E-state index >= 15 is 0 Å². The van der Waals surface area contributed by atoms with Crippen LogP contribution >= 0.6 is 0 Å². The maximum atomic E-state index is 13.6. The fraction of sp³-hybridized carbons (Fsp3) is 0.0588. The second kappa shape index (κ2) is 10.5. The number of carbonyl (C=O) groups excluding carboxylic acids is 2. The highest BCUT2D eigenvalue weighted by Crippen LogP contribution is 2.29. The fourth-order valence-corrected chi connectivity index (χ4v) is 4.22. The van der Waals surface area contributed by atoms with E-state index in [0.29, 0.717) is 28.0 Å². The number of carbonyl (C=O) groups is 2. The lowest BCUT2D eigenvalue weighted by Crippen LogP contribution is -2.05. The van der Waals surface area contributed by atoms with E-state index in [9.17, 15) is 9.59 Å². The SMILES string of the molecule is Cc1ccc(C(=O)c2ccc(-c3ccc(C)cc3C(=O)c3ccc(Oc4ccccc4)cc3)cc2)cc1. The summed E-state index contributed by atoms with van der Waals surface area (Å²) in [5.41, 5.74) is 6.30. The maximum Gasteiger partial charge on any atom is 0.193 e. The second-order valence-electron chi connectivity index (χ2n) is 9.09. The van der Waals surface area contributed by atoms with Gasteiger partial charge >= 0.3 is 0 Å². The molecular formula is C34H26O3. The summed E-state index contributed by atoms with van der Waals surface area (Å²) in [6.45, 7) is 3.97. The van der Waals surface area contributed by atoms with Crippen molar-refractivity contribution in [2.24, 2.45) is 0 Å². The van der Waals surface area contributed by atoms with Crippen LogP contribution in [0.25, 0.3) is 11.1 Å².